The van der Waals surface area contributed by atoms with Crippen LogP contribution in [0.1, 0.15) is 0 Å². The lowest BCUT2D eigenvalue weighted by atomic mass is 9.99. The Kier molecular flexibility index (Phi) is 12.3. The monoisotopic (exact) mass is 1190 g/mol. The molecule has 0 fully saturated rings. The molecule has 0 saturated carbocycles. The third-order valence-electron chi connectivity index (χ3n) is 19.6. The van der Waals surface area contributed by atoms with E-state index in [4.69, 9.17) is 0 Å². The Bertz CT molecular complexity index is 5390. The maximum Gasteiger partial charge on any atom is 0.184 e. The zero-order valence-electron chi connectivity index (χ0n) is 49.9. The van der Waals surface area contributed by atoms with Crippen LogP contribution in [0, 0.1) is 0 Å². The lowest BCUT2D eigenvalue weighted by Gasteiger charge is -2.45. The Labute approximate surface area is 531 Å². The highest BCUT2D eigenvalue weighted by atomic mass is 28.3. The minimum Gasteiger partial charge on any atom is -0.311 e. The number of hydrogen-bond donors (Lipinski definition) is 0. The lowest BCUT2D eigenvalue weighted by molar-refractivity contribution is 1.18. The van der Waals surface area contributed by atoms with Crippen molar-refractivity contribution in [2.24, 2.45) is 0 Å². The molecule has 91 heavy (non-hydrogen) atoms. The van der Waals surface area contributed by atoms with Gasteiger partial charge in [-0.3, -0.25) is 0 Å². The second-order valence-electron chi connectivity index (χ2n) is 24.3. The molecule has 5 heteroatoms. The van der Waals surface area contributed by atoms with Crippen molar-refractivity contribution in [3.8, 4) is 27.9 Å². The SMILES string of the molecule is c1ccc(-c2ccc3c(c2)N(c2ccc4c(ccc5cc(N6c7cc(-c8ccccc8)ccc7[Si](c7ccccc7)(c7ccccc7)c7cc8c9ccccc9n(-c9ccccc9)c8cc76)ccc54)c2)c2ccccc2[Si]3(c2ccccc2)c2ccccc2)cc1. The summed E-state index contributed by atoms with van der Waals surface area (Å²) in [4.78, 5) is 5.16. The van der Waals surface area contributed by atoms with Gasteiger partial charge >= 0.3 is 0 Å². The minimum atomic E-state index is -3.12. The first-order valence-electron chi connectivity index (χ1n) is 31.6. The van der Waals surface area contributed by atoms with Gasteiger partial charge in [0.05, 0.1) is 11.0 Å². The smallest absolute Gasteiger partial charge is 0.184 e. The van der Waals surface area contributed by atoms with E-state index in [0.717, 1.165) is 17.1 Å². The second-order valence-corrected chi connectivity index (χ2v) is 31.8. The summed E-state index contributed by atoms with van der Waals surface area (Å²) in [6.07, 6.45) is 0. The first kappa shape index (κ1) is 52.7. The van der Waals surface area contributed by atoms with Crippen molar-refractivity contribution in [3.05, 3.63) is 358 Å². The van der Waals surface area contributed by atoms with E-state index in [1.165, 1.54) is 130 Å². The molecule has 3 heterocycles. The van der Waals surface area contributed by atoms with Crippen LogP contribution in [0.3, 0.4) is 0 Å². The Balaban J connectivity index is 0.858. The summed E-state index contributed by atoms with van der Waals surface area (Å²) < 4.78 is 2.47. The summed E-state index contributed by atoms with van der Waals surface area (Å²) >= 11 is 0. The molecule has 2 aliphatic heterocycles. The largest absolute Gasteiger partial charge is 0.311 e. The third-order valence-corrected chi connectivity index (χ3v) is 29.3. The maximum atomic E-state index is 2.61. The molecule has 1 aromatic heterocycles. The van der Waals surface area contributed by atoms with Gasteiger partial charge in [0.15, 0.2) is 16.1 Å². The molecule has 0 spiro atoms. The fraction of sp³-hybridized carbons (Fsp3) is 0. The lowest BCUT2D eigenvalue weighted by Crippen LogP contribution is -2.77. The van der Waals surface area contributed by atoms with Crippen molar-refractivity contribution in [1.29, 1.82) is 0 Å². The van der Waals surface area contributed by atoms with Gasteiger partial charge in [0.2, 0.25) is 0 Å². The van der Waals surface area contributed by atoms with Crippen LogP contribution in [0.25, 0.3) is 71.3 Å². The van der Waals surface area contributed by atoms with Gasteiger partial charge in [-0.05, 0) is 158 Å². The molecular weight excluding hydrogens is 1130 g/mol. The van der Waals surface area contributed by atoms with Gasteiger partial charge in [0.25, 0.3) is 0 Å². The summed E-state index contributed by atoms with van der Waals surface area (Å²) in [7, 11) is -6.00. The van der Waals surface area contributed by atoms with Crippen molar-refractivity contribution < 1.29 is 0 Å². The number of anilines is 6. The zero-order valence-corrected chi connectivity index (χ0v) is 51.9. The number of nitrogens with zero attached hydrogens (tertiary/aromatic N) is 3. The summed E-state index contributed by atoms with van der Waals surface area (Å²) in [6.45, 7) is 0. The Morgan fingerprint density at radius 1 is 0.198 bits per heavy atom. The molecule has 0 N–H and O–H groups in total. The molecule has 0 bridgehead atoms. The maximum absolute atomic E-state index is 3.12. The average molecular weight is 1190 g/mol. The van der Waals surface area contributed by atoms with Crippen molar-refractivity contribution in [2.75, 3.05) is 9.80 Å². The van der Waals surface area contributed by atoms with Crippen molar-refractivity contribution in [2.45, 2.75) is 0 Å². The Morgan fingerprint density at radius 3 is 1.10 bits per heavy atom. The molecule has 426 valence electrons. The van der Waals surface area contributed by atoms with Gasteiger partial charge in [0.1, 0.15) is 0 Å². The van der Waals surface area contributed by atoms with Crippen LogP contribution in [-0.2, 0) is 0 Å². The standard InChI is InChI=1S/C86H59N3Si2/c1-8-26-60(27-9-1)62-46-52-84-80(56-62)88(78-42-24-25-43-83(78)90(84,69-32-14-4-15-33-69)70-34-16-5-17-35-70)67-48-50-73-64(54-67)44-45-65-55-68(49-51-74(65)73)89-81-57-63(61-28-10-2-11-29-61)47-53-85(81)91(71-36-18-6-19-37-71,72-38-20-7-21-39-72)86-58-76-75-40-22-23-41-77(75)87(79(76)59-82(86)89)66-30-12-3-13-31-66/h1-59H. The van der Waals surface area contributed by atoms with E-state index in [9.17, 15) is 0 Å². The van der Waals surface area contributed by atoms with Gasteiger partial charge < -0.3 is 14.4 Å². The fourth-order valence-electron chi connectivity index (χ4n) is 15.8. The highest BCUT2D eigenvalue weighted by molar-refractivity contribution is 7.22. The van der Waals surface area contributed by atoms with E-state index in [0.29, 0.717) is 0 Å². The number of aromatic nitrogens is 1. The number of para-hydroxylation sites is 3. The van der Waals surface area contributed by atoms with Gasteiger partial charge in [-0.1, -0.05) is 285 Å². The number of hydrogen-bond acceptors (Lipinski definition) is 2. The highest BCUT2D eigenvalue weighted by Gasteiger charge is 2.51. The topological polar surface area (TPSA) is 11.4 Å². The van der Waals surface area contributed by atoms with E-state index in [1.54, 1.807) is 0 Å². The number of rotatable bonds is 9. The third kappa shape index (κ3) is 8.05. The van der Waals surface area contributed by atoms with Crippen molar-refractivity contribution in [3.63, 3.8) is 0 Å². The summed E-state index contributed by atoms with van der Waals surface area (Å²) in [5, 5.41) is 18.2. The molecule has 0 atom stereocenters. The molecule has 15 aromatic carbocycles. The van der Waals surface area contributed by atoms with Crippen molar-refractivity contribution in [1.82, 2.24) is 4.57 Å². The summed E-state index contributed by atoms with van der Waals surface area (Å²) in [5.41, 5.74) is 15.3. The molecule has 0 amide bonds. The van der Waals surface area contributed by atoms with Gasteiger partial charge in [-0.2, -0.15) is 0 Å². The van der Waals surface area contributed by atoms with Crippen molar-refractivity contribution >= 4 is 135 Å². The van der Waals surface area contributed by atoms with E-state index in [-0.39, 0.29) is 0 Å². The van der Waals surface area contributed by atoms with Gasteiger partial charge in [-0.25, -0.2) is 0 Å². The van der Waals surface area contributed by atoms with E-state index in [1.807, 2.05) is 0 Å². The number of benzene rings is 15. The molecule has 0 unspecified atom stereocenters. The normalized spacial score (nSPS) is 13.6. The molecule has 2 aliphatic rings. The molecule has 3 nitrogen and oxygen atoms in total. The first-order valence-corrected chi connectivity index (χ1v) is 35.6. The summed E-state index contributed by atoms with van der Waals surface area (Å²) in [6, 6.07) is 135. The summed E-state index contributed by atoms with van der Waals surface area (Å²) in [5.74, 6) is 0. The van der Waals surface area contributed by atoms with E-state index >= 15 is 0 Å². The van der Waals surface area contributed by atoms with Crippen LogP contribution in [0.5, 0.6) is 0 Å². The first-order chi connectivity index (χ1) is 45.1. The van der Waals surface area contributed by atoms with Gasteiger partial charge in [0, 0.05) is 50.6 Å². The fourth-order valence-corrected chi connectivity index (χ4v) is 25.9. The quantitative estimate of drug-likeness (QED) is 0.105. The Hall–Kier alpha value is -11.3. The van der Waals surface area contributed by atoms with Crippen LogP contribution in [0.4, 0.5) is 34.1 Å². The van der Waals surface area contributed by atoms with Crippen LogP contribution in [0.2, 0.25) is 0 Å². The van der Waals surface area contributed by atoms with E-state index < -0.39 is 16.1 Å². The van der Waals surface area contributed by atoms with Gasteiger partial charge in [-0.15, -0.1) is 0 Å². The molecular formula is C86H59N3Si2. The number of fused-ring (bicyclic) bond motifs is 10. The molecule has 0 saturated heterocycles. The van der Waals surface area contributed by atoms with Crippen LogP contribution < -0.4 is 51.3 Å². The molecule has 0 radical (unpaired) electrons. The predicted octanol–water partition coefficient (Wildman–Crippen LogP) is 16.7. The molecule has 0 aliphatic carbocycles. The van der Waals surface area contributed by atoms with Crippen LogP contribution >= 0.6 is 0 Å². The average Bonchev–Trinajstić information content (AvgIpc) is 1.53. The highest BCUT2D eigenvalue weighted by Crippen LogP contribution is 2.46. The molecule has 16 aromatic rings. The Morgan fingerprint density at radius 2 is 0.593 bits per heavy atom. The predicted molar refractivity (Wildman–Crippen MR) is 390 cm³/mol. The van der Waals surface area contributed by atoms with Crippen LogP contribution in [0.15, 0.2) is 358 Å². The van der Waals surface area contributed by atoms with Crippen LogP contribution in [-0.4, -0.2) is 20.7 Å². The minimum absolute atomic E-state index is 1.11. The molecule has 18 rings (SSSR count). The second kappa shape index (κ2) is 21.2. The van der Waals surface area contributed by atoms with E-state index in [2.05, 4.69) is 372 Å². The zero-order chi connectivity index (χ0) is 60.0.